The number of allylic oxidation sites excluding steroid dienone is 7. The molecule has 0 saturated carbocycles. The molecule has 3 atom stereocenters. The van der Waals surface area contributed by atoms with Crippen molar-refractivity contribution >= 4 is 16.7 Å². The quantitative estimate of drug-likeness (QED) is 0.215. The lowest BCUT2D eigenvalue weighted by molar-refractivity contribution is 0.160. The van der Waals surface area contributed by atoms with Gasteiger partial charge in [-0.05, 0) is 79.8 Å². The Bertz CT molecular complexity index is 1370. The maximum absolute atomic E-state index is 11.5. The molecule has 39 heavy (non-hydrogen) atoms. The van der Waals surface area contributed by atoms with Gasteiger partial charge in [0.05, 0.1) is 11.7 Å². The smallest absolute Gasteiger partial charge is 0.217 e. The summed E-state index contributed by atoms with van der Waals surface area (Å²) in [4.78, 5) is 9.01. The van der Waals surface area contributed by atoms with Crippen molar-refractivity contribution in [2.75, 3.05) is 0 Å². The number of hydrogen-bond donors (Lipinski definition) is 1. The molecule has 0 bridgehead atoms. The fraction of sp³-hybridized carbons (Fsp3) is 0.375. The molecule has 0 amide bonds. The predicted octanol–water partition coefficient (Wildman–Crippen LogP) is 6.69. The van der Waals surface area contributed by atoms with Crippen LogP contribution in [0.1, 0.15) is 84.2 Å². The molecular formula is C32H38N3O3S-. The molecule has 7 heteroatoms. The van der Waals surface area contributed by atoms with Gasteiger partial charge in [-0.2, -0.15) is 0 Å². The second kappa shape index (κ2) is 13.1. The summed E-state index contributed by atoms with van der Waals surface area (Å²) in [7, 11) is 0. The van der Waals surface area contributed by atoms with Crippen molar-refractivity contribution in [3.8, 4) is 18.2 Å². The molecular weight excluding hydrogens is 506 g/mol. The number of benzene rings is 1. The van der Waals surface area contributed by atoms with Crippen molar-refractivity contribution in [2.24, 2.45) is 0 Å². The van der Waals surface area contributed by atoms with E-state index in [1.165, 1.54) is 35.2 Å². The van der Waals surface area contributed by atoms with Gasteiger partial charge in [-0.1, -0.05) is 62.6 Å². The van der Waals surface area contributed by atoms with Crippen molar-refractivity contribution in [2.45, 2.75) is 78.9 Å². The average Bonchev–Trinajstić information content (AvgIpc) is 2.86. The lowest BCUT2D eigenvalue weighted by Gasteiger charge is -2.28. The minimum atomic E-state index is -2.44. The highest BCUT2D eigenvalue weighted by atomic mass is 32.2. The molecule has 1 aliphatic rings. The second-order valence-electron chi connectivity index (χ2n) is 10.9. The standard InChI is InChI=1S/C32H39N3O3S/c1-9-11-27(39(36)37)18-23(4)35-24(5)31(25-14-16-26(17-15-25)32(6,7)8)38-29-19-28(33-20-34-29)30-21(2)12-10-13-22(30)3/h1,11-12,14-20,24,31,35H,10,13H2,2-8H3,(H,36,37)/p-1/b23-18+,27-11+/t24-,31?/m1/s1. The first-order valence-electron chi connectivity index (χ1n) is 13.1. The van der Waals surface area contributed by atoms with Gasteiger partial charge in [0.1, 0.15) is 12.4 Å². The molecule has 0 fully saturated rings. The molecule has 6 nitrogen and oxygen atoms in total. The minimum absolute atomic E-state index is 0.0182. The van der Waals surface area contributed by atoms with Crippen LogP contribution in [0.4, 0.5) is 0 Å². The third-order valence-electron chi connectivity index (χ3n) is 6.73. The van der Waals surface area contributed by atoms with Crippen LogP contribution in [0, 0.1) is 12.3 Å². The molecule has 0 radical (unpaired) electrons. The zero-order valence-electron chi connectivity index (χ0n) is 23.9. The molecule has 0 saturated heterocycles. The fourth-order valence-corrected chi connectivity index (χ4v) is 5.14. The lowest BCUT2D eigenvalue weighted by atomic mass is 9.86. The Kier molecular flexibility index (Phi) is 10.1. The van der Waals surface area contributed by atoms with E-state index in [0.717, 1.165) is 29.7 Å². The zero-order chi connectivity index (χ0) is 28.7. The predicted molar refractivity (Wildman–Crippen MR) is 158 cm³/mol. The number of hydrogen-bond acceptors (Lipinski definition) is 6. The first kappa shape index (κ1) is 30.1. The Morgan fingerprint density at radius 2 is 1.92 bits per heavy atom. The molecule has 1 aromatic carbocycles. The normalized spacial score (nSPS) is 17.2. The van der Waals surface area contributed by atoms with E-state index >= 15 is 0 Å². The summed E-state index contributed by atoms with van der Waals surface area (Å²) in [6.07, 6.45) is 13.4. The molecule has 0 aliphatic heterocycles. The van der Waals surface area contributed by atoms with Crippen molar-refractivity contribution in [1.29, 1.82) is 0 Å². The van der Waals surface area contributed by atoms with Gasteiger partial charge in [-0.3, -0.25) is 4.21 Å². The third kappa shape index (κ3) is 8.01. The van der Waals surface area contributed by atoms with Gasteiger partial charge >= 0.3 is 0 Å². The van der Waals surface area contributed by atoms with E-state index in [1.54, 1.807) is 6.92 Å². The molecule has 1 N–H and O–H groups in total. The van der Waals surface area contributed by atoms with Crippen LogP contribution in [0.25, 0.3) is 5.57 Å². The van der Waals surface area contributed by atoms with Crippen LogP contribution in [0.15, 0.2) is 76.6 Å². The van der Waals surface area contributed by atoms with Gasteiger partial charge in [0.2, 0.25) is 5.88 Å². The van der Waals surface area contributed by atoms with Crippen molar-refractivity contribution < 1.29 is 13.5 Å². The number of aromatic nitrogens is 2. The monoisotopic (exact) mass is 544 g/mol. The van der Waals surface area contributed by atoms with Crippen molar-refractivity contribution in [3.63, 3.8) is 0 Å². The Balaban J connectivity index is 1.97. The largest absolute Gasteiger partial charge is 0.768 e. The van der Waals surface area contributed by atoms with Crippen LogP contribution in [-0.2, 0) is 16.5 Å². The summed E-state index contributed by atoms with van der Waals surface area (Å²) < 4.78 is 29.6. The number of terminal acetylenes is 1. The summed E-state index contributed by atoms with van der Waals surface area (Å²) in [5, 5.41) is 3.37. The Labute approximate surface area is 235 Å². The third-order valence-corrected chi connectivity index (χ3v) is 7.35. The summed E-state index contributed by atoms with van der Waals surface area (Å²) in [6, 6.07) is 10.0. The number of rotatable bonds is 9. The van der Waals surface area contributed by atoms with E-state index < -0.39 is 17.2 Å². The molecule has 1 aliphatic carbocycles. The van der Waals surface area contributed by atoms with E-state index in [1.807, 2.05) is 13.0 Å². The van der Waals surface area contributed by atoms with E-state index in [4.69, 9.17) is 11.2 Å². The second-order valence-corrected chi connectivity index (χ2v) is 11.9. The van der Waals surface area contributed by atoms with Crippen molar-refractivity contribution in [3.05, 3.63) is 93.5 Å². The van der Waals surface area contributed by atoms with E-state index in [0.29, 0.717) is 11.6 Å². The van der Waals surface area contributed by atoms with Crippen LogP contribution in [-0.4, -0.2) is 24.8 Å². The van der Waals surface area contributed by atoms with E-state index in [-0.39, 0.29) is 16.4 Å². The van der Waals surface area contributed by atoms with Gasteiger partial charge in [0.15, 0.2) is 0 Å². The fourth-order valence-electron chi connectivity index (χ4n) is 4.70. The number of nitrogens with one attached hydrogen (secondary N) is 1. The van der Waals surface area contributed by atoms with Crippen molar-refractivity contribution in [1.82, 2.24) is 15.3 Å². The average molecular weight is 545 g/mol. The van der Waals surface area contributed by atoms with Crippen LogP contribution in [0.2, 0.25) is 0 Å². The Hall–Kier alpha value is -3.47. The van der Waals surface area contributed by atoms with Gasteiger partial charge in [-0.15, -0.1) is 6.42 Å². The Morgan fingerprint density at radius 1 is 1.23 bits per heavy atom. The molecule has 0 spiro atoms. The van der Waals surface area contributed by atoms with Crippen LogP contribution in [0.3, 0.4) is 0 Å². The highest BCUT2D eigenvalue weighted by Crippen LogP contribution is 2.34. The first-order chi connectivity index (χ1) is 18.4. The minimum Gasteiger partial charge on any atom is -0.768 e. The van der Waals surface area contributed by atoms with Crippen LogP contribution < -0.4 is 10.1 Å². The summed E-state index contributed by atoms with van der Waals surface area (Å²) in [5.41, 5.74) is 7.33. The lowest BCUT2D eigenvalue weighted by Crippen LogP contribution is -2.34. The maximum atomic E-state index is 11.5. The number of ether oxygens (including phenoxy) is 1. The summed E-state index contributed by atoms with van der Waals surface area (Å²) >= 11 is -2.44. The van der Waals surface area contributed by atoms with Crippen LogP contribution >= 0.6 is 0 Å². The highest BCUT2D eigenvalue weighted by molar-refractivity contribution is 7.83. The van der Waals surface area contributed by atoms with Gasteiger partial charge < -0.3 is 14.6 Å². The number of nitrogens with zero attached hydrogens (tertiary/aromatic N) is 2. The molecule has 3 rings (SSSR count). The summed E-state index contributed by atoms with van der Waals surface area (Å²) in [5.74, 6) is 2.74. The maximum Gasteiger partial charge on any atom is 0.217 e. The van der Waals surface area contributed by atoms with Gasteiger partial charge in [0.25, 0.3) is 0 Å². The van der Waals surface area contributed by atoms with E-state index in [9.17, 15) is 8.76 Å². The Morgan fingerprint density at radius 3 is 2.51 bits per heavy atom. The summed E-state index contributed by atoms with van der Waals surface area (Å²) in [6.45, 7) is 14.6. The SMILES string of the molecule is C#C/C=C(\C=C(/C)N[C@H](C)C(Oc1cc(C2=C(C)CCC=C2C)ncn1)c1ccc(C(C)(C)C)cc1)S(=O)[O-]. The molecule has 2 aromatic rings. The topological polar surface area (TPSA) is 87.2 Å². The molecule has 2 unspecified atom stereocenters. The van der Waals surface area contributed by atoms with Gasteiger partial charge in [-0.25, -0.2) is 9.97 Å². The van der Waals surface area contributed by atoms with E-state index in [2.05, 4.69) is 86.2 Å². The first-order valence-corrected chi connectivity index (χ1v) is 14.1. The molecule has 206 valence electrons. The zero-order valence-corrected chi connectivity index (χ0v) is 24.7. The van der Waals surface area contributed by atoms with Gasteiger partial charge in [0, 0.05) is 28.3 Å². The molecule has 1 heterocycles. The molecule has 1 aromatic heterocycles. The van der Waals surface area contributed by atoms with Crippen LogP contribution in [0.5, 0.6) is 5.88 Å². The highest BCUT2D eigenvalue weighted by Gasteiger charge is 2.24.